The number of methoxy groups -OCH3 is 1. The average Bonchev–Trinajstić information content (AvgIpc) is 2.94. The Balaban J connectivity index is 1.81. The van der Waals surface area contributed by atoms with Crippen LogP contribution in [-0.2, 0) is 6.54 Å². The molecule has 0 amide bonds. The van der Waals surface area contributed by atoms with Crippen molar-refractivity contribution < 1.29 is 19.3 Å². The third-order valence-electron chi connectivity index (χ3n) is 3.41. The molecule has 1 aromatic rings. The maximum Gasteiger partial charge on any atom is 0.231 e. The fourth-order valence-electron chi connectivity index (χ4n) is 2.19. The predicted octanol–water partition coefficient (Wildman–Crippen LogP) is 1.92. The molecular weight excluding hydrogens is 258 g/mol. The van der Waals surface area contributed by atoms with E-state index in [0.29, 0.717) is 17.4 Å². The summed E-state index contributed by atoms with van der Waals surface area (Å²) < 4.78 is 16.1. The van der Waals surface area contributed by atoms with Gasteiger partial charge in [0, 0.05) is 13.2 Å². The highest BCUT2D eigenvalue weighted by atomic mass is 16.7. The Bertz CT molecular complexity index is 436. The second-order valence-corrected chi connectivity index (χ2v) is 5.14. The Morgan fingerprint density at radius 2 is 2.25 bits per heavy atom. The van der Waals surface area contributed by atoms with Gasteiger partial charge in [-0.1, -0.05) is 6.92 Å². The number of nitrogens with one attached hydrogen (secondary N) is 1. The van der Waals surface area contributed by atoms with E-state index >= 15 is 0 Å². The van der Waals surface area contributed by atoms with Gasteiger partial charge >= 0.3 is 0 Å². The fraction of sp³-hybridized carbons (Fsp3) is 0.600. The summed E-state index contributed by atoms with van der Waals surface area (Å²) in [6.07, 6.45) is 2.09. The number of aliphatic hydroxyl groups excluding tert-OH is 1. The molecule has 0 saturated carbocycles. The zero-order valence-corrected chi connectivity index (χ0v) is 12.1. The first kappa shape index (κ1) is 14.9. The van der Waals surface area contributed by atoms with Crippen LogP contribution >= 0.6 is 0 Å². The molecule has 0 spiro atoms. The van der Waals surface area contributed by atoms with Crippen LogP contribution in [0, 0.1) is 5.92 Å². The monoisotopic (exact) mass is 281 g/mol. The van der Waals surface area contributed by atoms with E-state index in [-0.39, 0.29) is 13.4 Å². The van der Waals surface area contributed by atoms with Crippen molar-refractivity contribution in [2.24, 2.45) is 5.92 Å². The summed E-state index contributed by atoms with van der Waals surface area (Å²) >= 11 is 0. The zero-order valence-electron chi connectivity index (χ0n) is 12.1. The second kappa shape index (κ2) is 7.36. The minimum Gasteiger partial charge on any atom is -0.493 e. The van der Waals surface area contributed by atoms with Crippen LogP contribution in [0.3, 0.4) is 0 Å². The van der Waals surface area contributed by atoms with Crippen molar-refractivity contribution in [1.29, 1.82) is 0 Å². The molecule has 0 aromatic heterocycles. The standard InChI is InChI=1S/C15H23NO4/c1-11(9-17)4-3-5-16-8-12-6-13(18-2)15-14(7-12)19-10-20-15/h6-7,11,16-17H,3-5,8-10H2,1-2H3. The number of benzene rings is 1. The van der Waals surface area contributed by atoms with Gasteiger partial charge in [-0.05, 0) is 43.0 Å². The molecule has 0 bridgehead atoms. The topological polar surface area (TPSA) is 60.0 Å². The summed E-state index contributed by atoms with van der Waals surface area (Å²) in [5, 5.41) is 12.3. The van der Waals surface area contributed by atoms with E-state index in [9.17, 15) is 0 Å². The summed E-state index contributed by atoms with van der Waals surface area (Å²) in [7, 11) is 1.63. The van der Waals surface area contributed by atoms with Gasteiger partial charge < -0.3 is 24.6 Å². The van der Waals surface area contributed by atoms with E-state index in [2.05, 4.69) is 12.2 Å². The van der Waals surface area contributed by atoms with Gasteiger partial charge in [-0.2, -0.15) is 0 Å². The number of ether oxygens (including phenoxy) is 3. The first-order valence-corrected chi connectivity index (χ1v) is 7.02. The Morgan fingerprint density at radius 3 is 3.00 bits per heavy atom. The van der Waals surface area contributed by atoms with Gasteiger partial charge in [0.05, 0.1) is 7.11 Å². The third kappa shape index (κ3) is 3.77. The van der Waals surface area contributed by atoms with Gasteiger partial charge in [-0.15, -0.1) is 0 Å². The quantitative estimate of drug-likeness (QED) is 0.713. The molecule has 1 heterocycles. The highest BCUT2D eigenvalue weighted by Gasteiger charge is 2.19. The SMILES string of the molecule is COc1cc(CNCCCC(C)CO)cc2c1OCO2. The zero-order chi connectivity index (χ0) is 14.4. The Hall–Kier alpha value is -1.46. The fourth-order valence-corrected chi connectivity index (χ4v) is 2.19. The lowest BCUT2D eigenvalue weighted by Gasteiger charge is -2.10. The van der Waals surface area contributed by atoms with Crippen molar-refractivity contribution in [3.05, 3.63) is 17.7 Å². The van der Waals surface area contributed by atoms with Crippen LogP contribution in [0.4, 0.5) is 0 Å². The predicted molar refractivity (Wildman–Crippen MR) is 76.3 cm³/mol. The van der Waals surface area contributed by atoms with Gasteiger partial charge in [0.1, 0.15) is 0 Å². The average molecular weight is 281 g/mol. The molecule has 1 atom stereocenters. The number of fused-ring (bicyclic) bond motifs is 1. The summed E-state index contributed by atoms with van der Waals surface area (Å²) in [5.74, 6) is 2.52. The minimum absolute atomic E-state index is 0.252. The summed E-state index contributed by atoms with van der Waals surface area (Å²) in [6.45, 7) is 4.27. The molecule has 0 fully saturated rings. The van der Waals surface area contributed by atoms with E-state index in [0.717, 1.165) is 37.2 Å². The van der Waals surface area contributed by atoms with Crippen molar-refractivity contribution >= 4 is 0 Å². The minimum atomic E-state index is 0.252. The Morgan fingerprint density at radius 1 is 1.40 bits per heavy atom. The molecule has 112 valence electrons. The van der Waals surface area contributed by atoms with E-state index in [1.807, 2.05) is 12.1 Å². The van der Waals surface area contributed by atoms with E-state index in [4.69, 9.17) is 19.3 Å². The van der Waals surface area contributed by atoms with Crippen LogP contribution in [0.1, 0.15) is 25.3 Å². The lowest BCUT2D eigenvalue weighted by atomic mass is 10.1. The van der Waals surface area contributed by atoms with Crippen molar-refractivity contribution in [1.82, 2.24) is 5.32 Å². The molecule has 0 radical (unpaired) electrons. The van der Waals surface area contributed by atoms with Crippen molar-refractivity contribution in [3.8, 4) is 17.2 Å². The third-order valence-corrected chi connectivity index (χ3v) is 3.41. The smallest absolute Gasteiger partial charge is 0.231 e. The second-order valence-electron chi connectivity index (χ2n) is 5.14. The summed E-state index contributed by atoms with van der Waals surface area (Å²) in [4.78, 5) is 0. The first-order chi connectivity index (χ1) is 9.74. The number of rotatable bonds is 8. The van der Waals surface area contributed by atoms with Crippen molar-refractivity contribution in [2.45, 2.75) is 26.3 Å². The van der Waals surface area contributed by atoms with Gasteiger partial charge in [-0.25, -0.2) is 0 Å². The molecular formula is C15H23NO4. The van der Waals surface area contributed by atoms with E-state index in [1.54, 1.807) is 7.11 Å². The number of hydrogen-bond donors (Lipinski definition) is 2. The van der Waals surface area contributed by atoms with Crippen LogP contribution in [-0.4, -0.2) is 32.2 Å². The van der Waals surface area contributed by atoms with Crippen molar-refractivity contribution in [2.75, 3.05) is 27.1 Å². The molecule has 5 nitrogen and oxygen atoms in total. The maximum absolute atomic E-state index is 8.96. The van der Waals surface area contributed by atoms with Gasteiger partial charge in [-0.3, -0.25) is 0 Å². The summed E-state index contributed by atoms with van der Waals surface area (Å²) in [6, 6.07) is 3.95. The van der Waals surface area contributed by atoms with E-state index in [1.165, 1.54) is 0 Å². The molecule has 0 saturated heterocycles. The Kier molecular flexibility index (Phi) is 5.49. The molecule has 2 rings (SSSR count). The molecule has 1 aromatic carbocycles. The molecule has 20 heavy (non-hydrogen) atoms. The first-order valence-electron chi connectivity index (χ1n) is 7.02. The lowest BCUT2D eigenvalue weighted by molar-refractivity contribution is 0.171. The molecule has 2 N–H and O–H groups in total. The van der Waals surface area contributed by atoms with Gasteiger partial charge in [0.25, 0.3) is 0 Å². The molecule has 1 unspecified atom stereocenters. The largest absolute Gasteiger partial charge is 0.493 e. The maximum atomic E-state index is 8.96. The summed E-state index contributed by atoms with van der Waals surface area (Å²) in [5.41, 5.74) is 1.11. The molecule has 5 heteroatoms. The van der Waals surface area contributed by atoms with E-state index < -0.39 is 0 Å². The number of hydrogen-bond acceptors (Lipinski definition) is 5. The molecule has 0 aliphatic carbocycles. The van der Waals surface area contributed by atoms with Crippen molar-refractivity contribution in [3.63, 3.8) is 0 Å². The van der Waals surface area contributed by atoms with Crippen LogP contribution in [0.5, 0.6) is 17.2 Å². The van der Waals surface area contributed by atoms with Crippen LogP contribution in [0.2, 0.25) is 0 Å². The normalized spacial score (nSPS) is 14.3. The van der Waals surface area contributed by atoms with Crippen LogP contribution in [0.15, 0.2) is 12.1 Å². The van der Waals surface area contributed by atoms with Gasteiger partial charge in [0.15, 0.2) is 11.5 Å². The molecule has 1 aliphatic rings. The van der Waals surface area contributed by atoms with Crippen LogP contribution < -0.4 is 19.5 Å². The highest BCUT2D eigenvalue weighted by molar-refractivity contribution is 5.55. The van der Waals surface area contributed by atoms with Crippen LogP contribution in [0.25, 0.3) is 0 Å². The Labute approximate surface area is 119 Å². The molecule has 1 aliphatic heterocycles. The van der Waals surface area contributed by atoms with Gasteiger partial charge in [0.2, 0.25) is 12.5 Å². The number of aliphatic hydroxyl groups is 1. The lowest BCUT2D eigenvalue weighted by Crippen LogP contribution is -2.16. The highest BCUT2D eigenvalue weighted by Crippen LogP contribution is 2.41.